The Hall–Kier alpha value is -0.530. The van der Waals surface area contributed by atoms with Gasteiger partial charge in [0.2, 0.25) is 0 Å². The quantitative estimate of drug-likeness (QED) is 0.843. The van der Waals surface area contributed by atoms with E-state index < -0.39 is 0 Å². The lowest BCUT2D eigenvalue weighted by molar-refractivity contribution is 0.243. The van der Waals surface area contributed by atoms with Gasteiger partial charge in [0, 0.05) is 10.6 Å². The third-order valence-electron chi connectivity index (χ3n) is 3.71. The molecule has 88 valence electrons. The van der Waals surface area contributed by atoms with Crippen LogP contribution in [-0.2, 0) is 6.42 Å². The van der Waals surface area contributed by atoms with Gasteiger partial charge in [-0.15, -0.1) is 0 Å². The number of rotatable bonds is 3. The van der Waals surface area contributed by atoms with Crippen LogP contribution in [0, 0.1) is 0 Å². The molecular weight excluding hydrogens is 218 g/mol. The highest BCUT2D eigenvalue weighted by molar-refractivity contribution is 6.30. The fraction of sp³-hybridized carbons (Fsp3) is 0.571. The van der Waals surface area contributed by atoms with Crippen LogP contribution in [-0.4, -0.2) is 12.1 Å². The summed E-state index contributed by atoms with van der Waals surface area (Å²) < 4.78 is 0. The second-order valence-electron chi connectivity index (χ2n) is 4.82. The van der Waals surface area contributed by atoms with Crippen molar-refractivity contribution in [2.45, 2.75) is 44.6 Å². The lowest BCUT2D eigenvalue weighted by Gasteiger charge is -2.38. The van der Waals surface area contributed by atoms with Gasteiger partial charge in [-0.05, 0) is 49.9 Å². The van der Waals surface area contributed by atoms with E-state index in [1.54, 1.807) is 0 Å². The minimum Gasteiger partial charge on any atom is -0.311 e. The minimum atomic E-state index is 0.325. The summed E-state index contributed by atoms with van der Waals surface area (Å²) in [6, 6.07) is 8.28. The summed E-state index contributed by atoms with van der Waals surface area (Å²) in [6.45, 7) is 3.45. The number of nitrogens with one attached hydrogen (secondary N) is 1. The number of hydrogen-bond acceptors (Lipinski definition) is 1. The van der Waals surface area contributed by atoms with Crippen molar-refractivity contribution in [2.75, 3.05) is 6.54 Å². The molecule has 1 N–H and O–H groups in total. The lowest BCUT2D eigenvalue weighted by atomic mass is 9.81. The molecule has 0 amide bonds. The van der Waals surface area contributed by atoms with E-state index in [9.17, 15) is 0 Å². The Balaban J connectivity index is 2.08. The molecule has 0 spiro atoms. The monoisotopic (exact) mass is 237 g/mol. The molecule has 2 rings (SSSR count). The molecule has 1 aromatic carbocycles. The molecule has 1 atom stereocenters. The van der Waals surface area contributed by atoms with Crippen LogP contribution >= 0.6 is 11.6 Å². The van der Waals surface area contributed by atoms with Crippen LogP contribution in [0.25, 0.3) is 0 Å². The fourth-order valence-electron chi connectivity index (χ4n) is 2.60. The molecule has 0 bridgehead atoms. The zero-order chi connectivity index (χ0) is 11.4. The van der Waals surface area contributed by atoms with Crippen molar-refractivity contribution in [3.05, 3.63) is 34.9 Å². The molecule has 1 aliphatic rings. The minimum absolute atomic E-state index is 0.325. The van der Waals surface area contributed by atoms with Gasteiger partial charge in [0.1, 0.15) is 0 Å². The van der Waals surface area contributed by atoms with E-state index in [4.69, 9.17) is 11.6 Å². The molecule has 1 unspecified atom stereocenters. The summed E-state index contributed by atoms with van der Waals surface area (Å²) in [5.41, 5.74) is 1.71. The molecule has 1 fully saturated rings. The first-order chi connectivity index (χ1) is 7.74. The smallest absolute Gasteiger partial charge is 0.0406 e. The van der Waals surface area contributed by atoms with Crippen molar-refractivity contribution < 1.29 is 0 Å². The third kappa shape index (κ3) is 2.78. The summed E-state index contributed by atoms with van der Waals surface area (Å²) >= 11 is 5.91. The largest absolute Gasteiger partial charge is 0.311 e. The van der Waals surface area contributed by atoms with Crippen LogP contribution in [0.15, 0.2) is 24.3 Å². The zero-order valence-corrected chi connectivity index (χ0v) is 10.7. The molecule has 16 heavy (non-hydrogen) atoms. The summed E-state index contributed by atoms with van der Waals surface area (Å²) in [5.74, 6) is 0. The van der Waals surface area contributed by atoms with E-state index in [1.165, 1.54) is 37.8 Å². The first-order valence-corrected chi connectivity index (χ1v) is 6.61. The standard InChI is InChI=1S/C14H20ClN/c1-2-14(9-3-4-10-16-14)11-12-5-7-13(15)8-6-12/h5-8,16H,2-4,9-11H2,1H3. The number of piperidine rings is 1. The van der Waals surface area contributed by atoms with Gasteiger partial charge in [0.15, 0.2) is 0 Å². The van der Waals surface area contributed by atoms with Gasteiger partial charge in [0.05, 0.1) is 0 Å². The summed E-state index contributed by atoms with van der Waals surface area (Å²) in [6.07, 6.45) is 6.30. The van der Waals surface area contributed by atoms with Crippen LogP contribution in [0.5, 0.6) is 0 Å². The predicted octanol–water partition coefficient (Wildman–Crippen LogP) is 3.80. The molecule has 1 heterocycles. The molecular formula is C14H20ClN. The second kappa shape index (κ2) is 5.20. The van der Waals surface area contributed by atoms with Crippen LogP contribution in [0.1, 0.15) is 38.2 Å². The molecule has 1 aliphatic heterocycles. The third-order valence-corrected chi connectivity index (χ3v) is 3.97. The Bertz CT molecular complexity index is 325. The van der Waals surface area contributed by atoms with Crippen molar-refractivity contribution >= 4 is 11.6 Å². The molecule has 0 aliphatic carbocycles. The highest BCUT2D eigenvalue weighted by Crippen LogP contribution is 2.27. The van der Waals surface area contributed by atoms with Crippen LogP contribution in [0.3, 0.4) is 0 Å². The van der Waals surface area contributed by atoms with Gasteiger partial charge < -0.3 is 5.32 Å². The molecule has 1 nitrogen and oxygen atoms in total. The van der Waals surface area contributed by atoms with E-state index in [2.05, 4.69) is 24.4 Å². The molecule has 0 radical (unpaired) electrons. The Morgan fingerprint density at radius 1 is 1.25 bits per heavy atom. The first kappa shape index (κ1) is 11.9. The maximum absolute atomic E-state index is 5.91. The Labute approximate surface area is 103 Å². The number of hydrogen-bond donors (Lipinski definition) is 1. The van der Waals surface area contributed by atoms with E-state index in [0.717, 1.165) is 11.4 Å². The highest BCUT2D eigenvalue weighted by atomic mass is 35.5. The van der Waals surface area contributed by atoms with Gasteiger partial charge in [0.25, 0.3) is 0 Å². The summed E-state index contributed by atoms with van der Waals surface area (Å²) in [5, 5.41) is 4.54. The maximum atomic E-state index is 5.91. The van der Waals surface area contributed by atoms with Crippen LogP contribution < -0.4 is 5.32 Å². The topological polar surface area (TPSA) is 12.0 Å². The molecule has 0 aromatic heterocycles. The van der Waals surface area contributed by atoms with E-state index >= 15 is 0 Å². The number of benzene rings is 1. The van der Waals surface area contributed by atoms with Gasteiger partial charge >= 0.3 is 0 Å². The highest BCUT2D eigenvalue weighted by Gasteiger charge is 2.29. The van der Waals surface area contributed by atoms with Gasteiger partial charge in [-0.1, -0.05) is 37.1 Å². The van der Waals surface area contributed by atoms with Crippen LogP contribution in [0.4, 0.5) is 0 Å². The SMILES string of the molecule is CCC1(Cc2ccc(Cl)cc2)CCCCN1. The fourth-order valence-corrected chi connectivity index (χ4v) is 2.73. The van der Waals surface area contributed by atoms with E-state index in [0.29, 0.717) is 5.54 Å². The normalized spacial score (nSPS) is 25.6. The summed E-state index contributed by atoms with van der Waals surface area (Å²) in [4.78, 5) is 0. The van der Waals surface area contributed by atoms with Crippen LogP contribution in [0.2, 0.25) is 5.02 Å². The second-order valence-corrected chi connectivity index (χ2v) is 5.26. The first-order valence-electron chi connectivity index (χ1n) is 6.24. The zero-order valence-electron chi connectivity index (χ0n) is 9.93. The van der Waals surface area contributed by atoms with E-state index in [1.807, 2.05) is 12.1 Å². The molecule has 1 aromatic rings. The Morgan fingerprint density at radius 3 is 2.56 bits per heavy atom. The van der Waals surface area contributed by atoms with Crippen molar-refractivity contribution in [1.29, 1.82) is 0 Å². The molecule has 2 heteroatoms. The number of halogens is 1. The van der Waals surface area contributed by atoms with E-state index in [-0.39, 0.29) is 0 Å². The average Bonchev–Trinajstić information content (AvgIpc) is 2.33. The van der Waals surface area contributed by atoms with Crippen molar-refractivity contribution in [3.8, 4) is 0 Å². The van der Waals surface area contributed by atoms with Gasteiger partial charge in [-0.25, -0.2) is 0 Å². The Morgan fingerprint density at radius 2 is 2.00 bits per heavy atom. The predicted molar refractivity (Wildman–Crippen MR) is 70.0 cm³/mol. The Kier molecular flexibility index (Phi) is 3.88. The van der Waals surface area contributed by atoms with Crippen molar-refractivity contribution in [1.82, 2.24) is 5.32 Å². The van der Waals surface area contributed by atoms with Crippen molar-refractivity contribution in [3.63, 3.8) is 0 Å². The average molecular weight is 238 g/mol. The molecule has 0 saturated carbocycles. The summed E-state index contributed by atoms with van der Waals surface area (Å²) in [7, 11) is 0. The lowest BCUT2D eigenvalue weighted by Crippen LogP contribution is -2.49. The van der Waals surface area contributed by atoms with Gasteiger partial charge in [-0.3, -0.25) is 0 Å². The maximum Gasteiger partial charge on any atom is 0.0406 e. The molecule has 1 saturated heterocycles. The van der Waals surface area contributed by atoms with Gasteiger partial charge in [-0.2, -0.15) is 0 Å². The van der Waals surface area contributed by atoms with Crippen molar-refractivity contribution in [2.24, 2.45) is 0 Å².